The second-order valence-corrected chi connectivity index (χ2v) is 4.79. The first-order valence-corrected chi connectivity index (χ1v) is 6.55. The number of benzene rings is 1. The van der Waals surface area contributed by atoms with E-state index in [-0.39, 0.29) is 18.6 Å². The summed E-state index contributed by atoms with van der Waals surface area (Å²) in [5, 5.41) is 2.72. The predicted octanol–water partition coefficient (Wildman–Crippen LogP) is 2.52. The van der Waals surface area contributed by atoms with E-state index in [1.807, 2.05) is 13.8 Å². The molecule has 0 saturated heterocycles. The van der Waals surface area contributed by atoms with Gasteiger partial charge in [0.25, 0.3) is 5.91 Å². The first kappa shape index (κ1) is 14.7. The number of hydrogen-bond donors (Lipinski definition) is 1. The molecule has 1 aromatic rings. The molecular weight excluding hydrogens is 298 g/mol. The van der Waals surface area contributed by atoms with E-state index in [4.69, 9.17) is 4.74 Å². The van der Waals surface area contributed by atoms with Gasteiger partial charge in [0.1, 0.15) is 0 Å². The van der Waals surface area contributed by atoms with Crippen LogP contribution in [-0.4, -0.2) is 24.5 Å². The summed E-state index contributed by atoms with van der Waals surface area (Å²) in [6.45, 7) is 3.61. The molecule has 1 amide bonds. The summed E-state index contributed by atoms with van der Waals surface area (Å²) >= 11 is 3.25. The van der Waals surface area contributed by atoms with Crippen LogP contribution in [0.15, 0.2) is 28.7 Å². The van der Waals surface area contributed by atoms with Crippen molar-refractivity contribution < 1.29 is 14.3 Å². The molecule has 0 aliphatic rings. The molecule has 0 bridgehead atoms. The largest absolute Gasteiger partial charge is 0.452 e. The predicted molar refractivity (Wildman–Crippen MR) is 72.3 cm³/mol. The summed E-state index contributed by atoms with van der Waals surface area (Å²) in [6.07, 6.45) is 0.837. The highest BCUT2D eigenvalue weighted by Gasteiger charge is 2.13. The molecular formula is C13H16BrNO3. The molecule has 1 N–H and O–H groups in total. The molecule has 0 heterocycles. The van der Waals surface area contributed by atoms with Crippen molar-refractivity contribution in [3.63, 3.8) is 0 Å². The van der Waals surface area contributed by atoms with Crippen LogP contribution >= 0.6 is 15.9 Å². The third-order valence-corrected chi connectivity index (χ3v) is 3.14. The molecule has 0 radical (unpaired) electrons. The van der Waals surface area contributed by atoms with E-state index in [0.29, 0.717) is 10.0 Å². The Morgan fingerprint density at radius 1 is 1.39 bits per heavy atom. The summed E-state index contributed by atoms with van der Waals surface area (Å²) < 4.78 is 5.59. The van der Waals surface area contributed by atoms with Crippen molar-refractivity contribution in [2.75, 3.05) is 6.61 Å². The highest BCUT2D eigenvalue weighted by molar-refractivity contribution is 9.10. The van der Waals surface area contributed by atoms with Gasteiger partial charge in [-0.1, -0.05) is 19.1 Å². The van der Waals surface area contributed by atoms with Crippen molar-refractivity contribution >= 4 is 27.8 Å². The van der Waals surface area contributed by atoms with Gasteiger partial charge in [-0.3, -0.25) is 4.79 Å². The molecule has 5 heteroatoms. The second-order valence-electron chi connectivity index (χ2n) is 3.93. The summed E-state index contributed by atoms with van der Waals surface area (Å²) in [5.41, 5.74) is 0.411. The van der Waals surface area contributed by atoms with Gasteiger partial charge in [0, 0.05) is 10.5 Å². The average molecular weight is 314 g/mol. The topological polar surface area (TPSA) is 55.4 Å². The zero-order chi connectivity index (χ0) is 13.5. The van der Waals surface area contributed by atoms with Crippen LogP contribution in [0.3, 0.4) is 0 Å². The van der Waals surface area contributed by atoms with Crippen LogP contribution in [0.2, 0.25) is 0 Å². The van der Waals surface area contributed by atoms with E-state index in [1.54, 1.807) is 24.3 Å². The van der Waals surface area contributed by atoms with Crippen molar-refractivity contribution in [2.45, 2.75) is 26.3 Å². The maximum Gasteiger partial charge on any atom is 0.339 e. The second kappa shape index (κ2) is 7.16. The number of amides is 1. The quantitative estimate of drug-likeness (QED) is 0.850. The van der Waals surface area contributed by atoms with Crippen LogP contribution in [0, 0.1) is 0 Å². The van der Waals surface area contributed by atoms with Gasteiger partial charge >= 0.3 is 5.97 Å². The van der Waals surface area contributed by atoms with Gasteiger partial charge in [-0.25, -0.2) is 4.79 Å². The summed E-state index contributed by atoms with van der Waals surface area (Å²) in [7, 11) is 0. The van der Waals surface area contributed by atoms with Crippen molar-refractivity contribution in [3.05, 3.63) is 34.3 Å². The van der Waals surface area contributed by atoms with Gasteiger partial charge in [0.05, 0.1) is 5.56 Å². The molecule has 1 atom stereocenters. The van der Waals surface area contributed by atoms with E-state index in [0.717, 1.165) is 6.42 Å². The fourth-order valence-electron chi connectivity index (χ4n) is 1.25. The molecule has 0 aliphatic carbocycles. The number of carbonyl (C=O) groups is 2. The fourth-order valence-corrected chi connectivity index (χ4v) is 1.70. The Hall–Kier alpha value is -1.36. The summed E-state index contributed by atoms with van der Waals surface area (Å²) in [6, 6.07) is 7.01. The van der Waals surface area contributed by atoms with Crippen molar-refractivity contribution in [2.24, 2.45) is 0 Å². The van der Waals surface area contributed by atoms with E-state index >= 15 is 0 Å². The van der Waals surface area contributed by atoms with Gasteiger partial charge in [-0.15, -0.1) is 0 Å². The lowest BCUT2D eigenvalue weighted by Gasteiger charge is -2.11. The third-order valence-electron chi connectivity index (χ3n) is 2.45. The molecule has 1 aromatic carbocycles. The highest BCUT2D eigenvalue weighted by Crippen LogP contribution is 2.16. The monoisotopic (exact) mass is 313 g/mol. The SMILES string of the molecule is CC[C@H](C)NC(=O)COC(=O)c1ccccc1Br. The molecule has 4 nitrogen and oxygen atoms in total. The van der Waals surface area contributed by atoms with Crippen LogP contribution in [0.1, 0.15) is 30.6 Å². The molecule has 1 rings (SSSR count). The van der Waals surface area contributed by atoms with E-state index in [2.05, 4.69) is 21.2 Å². The van der Waals surface area contributed by atoms with Gasteiger partial charge in [0.2, 0.25) is 0 Å². The summed E-state index contributed by atoms with van der Waals surface area (Å²) in [4.78, 5) is 23.1. The molecule has 98 valence electrons. The first-order valence-electron chi connectivity index (χ1n) is 5.75. The maximum atomic E-state index is 11.7. The van der Waals surface area contributed by atoms with E-state index in [1.165, 1.54) is 0 Å². The number of nitrogens with one attached hydrogen (secondary N) is 1. The molecule has 0 spiro atoms. The Morgan fingerprint density at radius 2 is 2.06 bits per heavy atom. The Kier molecular flexibility index (Phi) is 5.85. The molecule has 0 fully saturated rings. The first-order chi connectivity index (χ1) is 8.54. The zero-order valence-electron chi connectivity index (χ0n) is 10.4. The number of rotatable bonds is 5. The minimum Gasteiger partial charge on any atom is -0.452 e. The Labute approximate surface area is 115 Å². The van der Waals surface area contributed by atoms with Crippen molar-refractivity contribution in [1.82, 2.24) is 5.32 Å². The number of ether oxygens (including phenoxy) is 1. The minimum absolute atomic E-state index is 0.0830. The van der Waals surface area contributed by atoms with Crippen LogP contribution < -0.4 is 5.32 Å². The molecule has 0 aromatic heterocycles. The van der Waals surface area contributed by atoms with Gasteiger partial charge in [-0.05, 0) is 41.4 Å². The van der Waals surface area contributed by atoms with Crippen molar-refractivity contribution in [3.8, 4) is 0 Å². The average Bonchev–Trinajstić information content (AvgIpc) is 2.36. The number of esters is 1. The maximum absolute atomic E-state index is 11.7. The lowest BCUT2D eigenvalue weighted by atomic mass is 10.2. The van der Waals surface area contributed by atoms with Crippen LogP contribution in [-0.2, 0) is 9.53 Å². The Bertz CT molecular complexity index is 434. The standard InChI is InChI=1S/C13H16BrNO3/c1-3-9(2)15-12(16)8-18-13(17)10-6-4-5-7-11(10)14/h4-7,9H,3,8H2,1-2H3,(H,15,16)/t9-/m0/s1. The van der Waals surface area contributed by atoms with Gasteiger partial charge in [-0.2, -0.15) is 0 Å². The third kappa shape index (κ3) is 4.49. The Morgan fingerprint density at radius 3 is 2.67 bits per heavy atom. The van der Waals surface area contributed by atoms with Gasteiger partial charge in [0.15, 0.2) is 6.61 Å². The highest BCUT2D eigenvalue weighted by atomic mass is 79.9. The molecule has 18 heavy (non-hydrogen) atoms. The lowest BCUT2D eigenvalue weighted by molar-refractivity contribution is -0.124. The Balaban J connectivity index is 2.47. The van der Waals surface area contributed by atoms with Gasteiger partial charge < -0.3 is 10.1 Å². The van der Waals surface area contributed by atoms with E-state index in [9.17, 15) is 9.59 Å². The van der Waals surface area contributed by atoms with Crippen LogP contribution in [0.5, 0.6) is 0 Å². The molecule has 0 saturated carbocycles. The number of hydrogen-bond acceptors (Lipinski definition) is 3. The minimum atomic E-state index is -0.512. The number of carbonyl (C=O) groups excluding carboxylic acids is 2. The van der Waals surface area contributed by atoms with E-state index < -0.39 is 5.97 Å². The molecule has 0 unspecified atom stereocenters. The van der Waals surface area contributed by atoms with Crippen LogP contribution in [0.4, 0.5) is 0 Å². The smallest absolute Gasteiger partial charge is 0.339 e. The lowest BCUT2D eigenvalue weighted by Crippen LogP contribution is -2.35. The van der Waals surface area contributed by atoms with Crippen LogP contribution in [0.25, 0.3) is 0 Å². The summed E-state index contributed by atoms with van der Waals surface area (Å²) in [5.74, 6) is -0.800. The molecule has 0 aliphatic heterocycles. The normalized spacial score (nSPS) is 11.7. The fraction of sp³-hybridized carbons (Fsp3) is 0.385. The zero-order valence-corrected chi connectivity index (χ0v) is 12.0. The number of halogens is 1. The van der Waals surface area contributed by atoms with Crippen molar-refractivity contribution in [1.29, 1.82) is 0 Å².